The van der Waals surface area contributed by atoms with Crippen molar-refractivity contribution in [1.29, 1.82) is 0 Å². The largest absolute Gasteiger partial charge is 0.360 e. The molecule has 3 aromatic rings. The van der Waals surface area contributed by atoms with Crippen molar-refractivity contribution in [1.82, 2.24) is 4.98 Å². The molecule has 0 saturated carbocycles. The molecule has 4 nitrogen and oxygen atoms in total. The van der Waals surface area contributed by atoms with E-state index in [4.69, 9.17) is 4.18 Å². The summed E-state index contributed by atoms with van der Waals surface area (Å²) in [5.41, 5.74) is 1.78. The molecule has 0 amide bonds. The van der Waals surface area contributed by atoms with E-state index in [0.29, 0.717) is 22.8 Å². The van der Waals surface area contributed by atoms with E-state index in [-0.39, 0.29) is 0 Å². The van der Waals surface area contributed by atoms with E-state index >= 15 is 0 Å². The van der Waals surface area contributed by atoms with Crippen molar-refractivity contribution in [2.24, 2.45) is 0 Å². The Hall–Kier alpha value is -1.03. The summed E-state index contributed by atoms with van der Waals surface area (Å²) in [5, 5.41) is 0.749. The van der Waals surface area contributed by atoms with Crippen molar-refractivity contribution in [2.45, 2.75) is 16.2 Å². The van der Waals surface area contributed by atoms with E-state index in [1.807, 2.05) is 18.2 Å². The number of hydrogen-bond acceptors (Lipinski definition) is 4. The van der Waals surface area contributed by atoms with Crippen molar-refractivity contribution in [2.75, 3.05) is 6.61 Å². The zero-order chi connectivity index (χ0) is 16.3. The van der Waals surface area contributed by atoms with Crippen LogP contribution < -0.4 is 0 Å². The molecule has 120 valence electrons. The zero-order valence-electron chi connectivity index (χ0n) is 12.0. The van der Waals surface area contributed by atoms with E-state index in [9.17, 15) is 8.42 Å². The smallest absolute Gasteiger partial charge is 0.208 e. The fourth-order valence-electron chi connectivity index (χ4n) is 2.56. The highest BCUT2D eigenvalue weighted by molar-refractivity contribution is 14.2. The lowest BCUT2D eigenvalue weighted by Gasteiger charge is -2.07. The Morgan fingerprint density at radius 1 is 1.09 bits per heavy atom. The number of H-pyrrole nitrogens is 1. The van der Waals surface area contributed by atoms with Gasteiger partial charge in [0, 0.05) is 38.3 Å². The highest BCUT2D eigenvalue weighted by Crippen LogP contribution is 2.31. The molecule has 0 radical (unpaired) electrons. The molecule has 0 saturated heterocycles. The van der Waals surface area contributed by atoms with Gasteiger partial charge < -0.3 is 9.17 Å². The van der Waals surface area contributed by atoms with Gasteiger partial charge in [0.15, 0.2) is 0 Å². The van der Waals surface area contributed by atoms with Crippen LogP contribution in [0.25, 0.3) is 10.9 Å². The lowest BCUT2D eigenvalue weighted by Crippen LogP contribution is -2.02. The second-order valence-electron chi connectivity index (χ2n) is 4.94. The van der Waals surface area contributed by atoms with Gasteiger partial charge in [0.2, 0.25) is 9.84 Å². The van der Waals surface area contributed by atoms with Gasteiger partial charge in [-0.05, 0) is 30.2 Å². The molecule has 0 bridgehead atoms. The molecule has 0 spiro atoms. The molecule has 0 aliphatic carbocycles. The Kier molecular flexibility index (Phi) is 5.30. The Bertz CT molecular complexity index is 907. The molecule has 0 atom stereocenters. The number of halogens is 1. The molecular weight excluding hydrogens is 445 g/mol. The average Bonchev–Trinajstić information content (AvgIpc) is 3.02. The minimum Gasteiger partial charge on any atom is -0.360 e. The lowest BCUT2D eigenvalue weighted by molar-refractivity contribution is 0.386. The highest BCUT2D eigenvalue weighted by Gasteiger charge is 2.22. The number of hydrogen-bond donors (Lipinski definition) is 1. The summed E-state index contributed by atoms with van der Waals surface area (Å²) in [7, 11) is -2.28. The second kappa shape index (κ2) is 7.25. The third kappa shape index (κ3) is 3.42. The van der Waals surface area contributed by atoms with Gasteiger partial charge in [0.05, 0.1) is 25.6 Å². The third-order valence-electron chi connectivity index (χ3n) is 3.60. The van der Waals surface area contributed by atoms with Crippen LogP contribution >= 0.6 is 30.4 Å². The van der Waals surface area contributed by atoms with Crippen molar-refractivity contribution in [3.8, 4) is 0 Å². The maximum absolute atomic E-state index is 12.9. The van der Waals surface area contributed by atoms with E-state index < -0.39 is 9.84 Å². The second-order valence-corrected chi connectivity index (χ2v) is 8.30. The SMILES string of the molecule is O=S(=O)(c1ccccc1)c1c[nH]c2cccc(CCOSI)c12. The highest BCUT2D eigenvalue weighted by atomic mass is 127. The summed E-state index contributed by atoms with van der Waals surface area (Å²) in [4.78, 5) is 3.69. The van der Waals surface area contributed by atoms with Gasteiger partial charge in [-0.1, -0.05) is 30.3 Å². The molecule has 1 N–H and O–H groups in total. The van der Waals surface area contributed by atoms with Crippen LogP contribution in [0.5, 0.6) is 0 Å². The summed E-state index contributed by atoms with van der Waals surface area (Å²) >= 11 is 2.07. The summed E-state index contributed by atoms with van der Waals surface area (Å²) in [6.45, 7) is 0.530. The number of nitrogens with one attached hydrogen (secondary N) is 1. The number of fused-ring (bicyclic) bond motifs is 1. The molecule has 0 aliphatic heterocycles. The molecule has 7 heteroatoms. The minimum absolute atomic E-state index is 0.301. The lowest BCUT2D eigenvalue weighted by atomic mass is 10.1. The van der Waals surface area contributed by atoms with Crippen molar-refractivity contribution in [3.63, 3.8) is 0 Å². The first kappa shape index (κ1) is 16.8. The van der Waals surface area contributed by atoms with Gasteiger partial charge in [-0.15, -0.1) is 0 Å². The van der Waals surface area contributed by atoms with E-state index in [1.54, 1.807) is 36.5 Å². The van der Waals surface area contributed by atoms with Gasteiger partial charge in [-0.3, -0.25) is 0 Å². The summed E-state index contributed by atoms with van der Waals surface area (Å²) in [6, 6.07) is 14.3. The molecule has 3 rings (SSSR count). The predicted octanol–water partition coefficient (Wildman–Crippen LogP) is 4.56. The average molecular weight is 459 g/mol. The van der Waals surface area contributed by atoms with Crippen molar-refractivity contribution in [3.05, 3.63) is 60.3 Å². The quantitative estimate of drug-likeness (QED) is 0.334. The molecule has 1 heterocycles. The van der Waals surface area contributed by atoms with Gasteiger partial charge >= 0.3 is 0 Å². The van der Waals surface area contributed by atoms with Gasteiger partial charge in [0.1, 0.15) is 0 Å². The molecule has 23 heavy (non-hydrogen) atoms. The first-order valence-corrected chi connectivity index (χ1v) is 11.7. The van der Waals surface area contributed by atoms with Crippen LogP contribution in [-0.4, -0.2) is 20.0 Å². The van der Waals surface area contributed by atoms with Crippen LogP contribution in [0.1, 0.15) is 5.56 Å². The van der Waals surface area contributed by atoms with E-state index in [1.165, 1.54) is 9.21 Å². The maximum Gasteiger partial charge on any atom is 0.208 e. The summed E-state index contributed by atoms with van der Waals surface area (Å²) in [5.74, 6) is 0. The Morgan fingerprint density at radius 2 is 1.87 bits per heavy atom. The Morgan fingerprint density at radius 3 is 2.61 bits per heavy atom. The van der Waals surface area contributed by atoms with Crippen LogP contribution in [0.2, 0.25) is 0 Å². The fraction of sp³-hybridized carbons (Fsp3) is 0.125. The summed E-state index contributed by atoms with van der Waals surface area (Å²) < 4.78 is 31.2. The van der Waals surface area contributed by atoms with Crippen LogP contribution in [0.3, 0.4) is 0 Å². The number of rotatable bonds is 6. The van der Waals surface area contributed by atoms with Gasteiger partial charge in [-0.25, -0.2) is 8.42 Å². The molecule has 0 unspecified atom stereocenters. The molecule has 0 aliphatic rings. The van der Waals surface area contributed by atoms with Crippen LogP contribution in [0.15, 0.2) is 64.5 Å². The van der Waals surface area contributed by atoms with E-state index in [0.717, 1.165) is 16.5 Å². The van der Waals surface area contributed by atoms with Crippen LogP contribution in [0, 0.1) is 0 Å². The number of aromatic nitrogens is 1. The normalized spacial score (nSPS) is 11.9. The fourth-order valence-corrected chi connectivity index (χ4v) is 4.74. The Balaban J connectivity index is 2.11. The maximum atomic E-state index is 12.9. The standard InChI is InChI=1S/C16H14INO3S2/c17-22-21-10-9-12-5-4-8-14-16(12)15(11-18-14)23(19,20)13-6-2-1-3-7-13/h1-8,11,18H,9-10H2. The minimum atomic E-state index is -3.55. The number of aromatic amines is 1. The van der Waals surface area contributed by atoms with Crippen LogP contribution in [-0.2, 0) is 20.4 Å². The monoisotopic (exact) mass is 459 g/mol. The number of benzene rings is 2. The first-order valence-electron chi connectivity index (χ1n) is 6.94. The first-order chi connectivity index (χ1) is 11.1. The summed E-state index contributed by atoms with van der Waals surface area (Å²) in [6.07, 6.45) is 2.23. The molecule has 2 aromatic carbocycles. The van der Waals surface area contributed by atoms with Gasteiger partial charge in [0.25, 0.3) is 0 Å². The molecular formula is C16H14INO3S2. The molecule has 0 fully saturated rings. The predicted molar refractivity (Wildman–Crippen MR) is 101 cm³/mol. The number of sulfone groups is 1. The van der Waals surface area contributed by atoms with Gasteiger partial charge in [-0.2, -0.15) is 0 Å². The van der Waals surface area contributed by atoms with Crippen molar-refractivity contribution < 1.29 is 12.6 Å². The van der Waals surface area contributed by atoms with E-state index in [2.05, 4.69) is 26.2 Å². The van der Waals surface area contributed by atoms with Crippen molar-refractivity contribution >= 4 is 51.2 Å². The van der Waals surface area contributed by atoms with Crippen LogP contribution in [0.4, 0.5) is 0 Å². The third-order valence-corrected chi connectivity index (χ3v) is 6.41. The zero-order valence-corrected chi connectivity index (χ0v) is 15.8. The Labute approximate surface area is 151 Å². The molecule has 1 aromatic heterocycles. The topological polar surface area (TPSA) is 59.2 Å².